The molecule has 1 amide bonds. The summed E-state index contributed by atoms with van der Waals surface area (Å²) in [6.07, 6.45) is 0.943. The molecular formula is C11H22N2O2. The topological polar surface area (TPSA) is 50.4 Å². The first-order chi connectivity index (χ1) is 7.01. The molecule has 1 rings (SSSR count). The molecule has 2 atom stereocenters. The summed E-state index contributed by atoms with van der Waals surface area (Å²) < 4.78 is 5.29. The number of carbonyl (C=O) groups is 1. The van der Waals surface area contributed by atoms with Crippen molar-refractivity contribution in [2.45, 2.75) is 39.3 Å². The highest BCUT2D eigenvalue weighted by Crippen LogP contribution is 2.20. The van der Waals surface area contributed by atoms with Crippen LogP contribution in [0.1, 0.15) is 27.2 Å². The number of nitrogens with one attached hydrogen (secondary N) is 2. The third kappa shape index (κ3) is 2.92. The number of ether oxygens (including phenoxy) is 1. The van der Waals surface area contributed by atoms with Gasteiger partial charge in [-0.25, -0.2) is 0 Å². The summed E-state index contributed by atoms with van der Waals surface area (Å²) in [7, 11) is 1.68. The second-order valence-electron chi connectivity index (χ2n) is 4.75. The van der Waals surface area contributed by atoms with Gasteiger partial charge in [0.15, 0.2) is 0 Å². The highest BCUT2D eigenvalue weighted by Gasteiger charge is 2.32. The molecule has 88 valence electrons. The Hall–Kier alpha value is -0.610. The van der Waals surface area contributed by atoms with Crippen LogP contribution in [0.5, 0.6) is 0 Å². The minimum atomic E-state index is -0.291. The number of hydrogen-bond donors (Lipinski definition) is 2. The van der Waals surface area contributed by atoms with Crippen LogP contribution in [0.3, 0.4) is 0 Å². The summed E-state index contributed by atoms with van der Waals surface area (Å²) in [4.78, 5) is 11.9. The van der Waals surface area contributed by atoms with Crippen molar-refractivity contribution in [3.63, 3.8) is 0 Å². The zero-order valence-corrected chi connectivity index (χ0v) is 10.1. The normalized spacial score (nSPS) is 26.7. The van der Waals surface area contributed by atoms with E-state index in [1.165, 1.54) is 0 Å². The molecule has 0 radical (unpaired) electrons. The predicted molar refractivity (Wildman–Crippen MR) is 59.7 cm³/mol. The van der Waals surface area contributed by atoms with Crippen LogP contribution in [0.15, 0.2) is 0 Å². The first-order valence-corrected chi connectivity index (χ1v) is 5.55. The molecule has 1 aliphatic rings. The van der Waals surface area contributed by atoms with E-state index < -0.39 is 0 Å². The summed E-state index contributed by atoms with van der Waals surface area (Å²) in [6.45, 7) is 7.57. The fourth-order valence-electron chi connectivity index (χ4n) is 1.57. The molecule has 4 nitrogen and oxygen atoms in total. The molecule has 1 aliphatic heterocycles. The lowest BCUT2D eigenvalue weighted by Crippen LogP contribution is -2.48. The molecule has 1 saturated heterocycles. The van der Waals surface area contributed by atoms with E-state index in [0.717, 1.165) is 19.5 Å². The molecule has 1 heterocycles. The van der Waals surface area contributed by atoms with Gasteiger partial charge in [-0.05, 0) is 6.42 Å². The number of rotatable bonds is 4. The van der Waals surface area contributed by atoms with Gasteiger partial charge in [-0.3, -0.25) is 4.79 Å². The van der Waals surface area contributed by atoms with Gasteiger partial charge in [0.05, 0.1) is 12.1 Å². The fourth-order valence-corrected chi connectivity index (χ4v) is 1.57. The maximum atomic E-state index is 11.9. The van der Waals surface area contributed by atoms with E-state index in [4.69, 9.17) is 4.74 Å². The summed E-state index contributed by atoms with van der Waals surface area (Å²) in [5.74, 6) is 0.112. The lowest BCUT2D eigenvalue weighted by molar-refractivity contribution is -0.130. The van der Waals surface area contributed by atoms with Crippen LogP contribution in [0.4, 0.5) is 0 Å². The van der Waals surface area contributed by atoms with Gasteiger partial charge in [0.1, 0.15) is 0 Å². The molecule has 0 aromatic carbocycles. The largest absolute Gasteiger partial charge is 0.378 e. The maximum Gasteiger partial charge on any atom is 0.225 e. The smallest absolute Gasteiger partial charge is 0.225 e. The average molecular weight is 214 g/mol. The molecule has 1 fully saturated rings. The monoisotopic (exact) mass is 214 g/mol. The number of carbonyl (C=O) groups excluding carboxylic acids is 1. The van der Waals surface area contributed by atoms with E-state index in [2.05, 4.69) is 10.6 Å². The van der Waals surface area contributed by atoms with Gasteiger partial charge < -0.3 is 15.4 Å². The molecule has 4 heteroatoms. The third-order valence-electron chi connectivity index (χ3n) is 3.28. The first-order valence-electron chi connectivity index (χ1n) is 5.55. The van der Waals surface area contributed by atoms with Gasteiger partial charge in [-0.15, -0.1) is 0 Å². The van der Waals surface area contributed by atoms with Crippen LogP contribution < -0.4 is 10.6 Å². The summed E-state index contributed by atoms with van der Waals surface area (Å²) in [5, 5.41) is 6.25. The van der Waals surface area contributed by atoms with Crippen LogP contribution in [0.2, 0.25) is 0 Å². The van der Waals surface area contributed by atoms with Crippen molar-refractivity contribution in [2.75, 3.05) is 20.2 Å². The van der Waals surface area contributed by atoms with E-state index in [9.17, 15) is 4.79 Å². The zero-order chi connectivity index (χ0) is 11.5. The van der Waals surface area contributed by atoms with Gasteiger partial charge >= 0.3 is 0 Å². The zero-order valence-electron chi connectivity index (χ0n) is 10.1. The highest BCUT2D eigenvalue weighted by molar-refractivity contribution is 5.82. The molecular weight excluding hydrogens is 192 g/mol. The predicted octanol–water partition coefficient (Wildman–Crippen LogP) is 0.526. The quantitative estimate of drug-likeness (QED) is 0.717. The van der Waals surface area contributed by atoms with Crippen molar-refractivity contribution in [3.8, 4) is 0 Å². The first kappa shape index (κ1) is 12.5. The lowest BCUT2D eigenvalue weighted by atomic mass is 9.89. The molecule has 15 heavy (non-hydrogen) atoms. The number of hydrogen-bond acceptors (Lipinski definition) is 3. The van der Waals surface area contributed by atoms with Crippen LogP contribution in [0.25, 0.3) is 0 Å². The Bertz CT molecular complexity index is 229. The van der Waals surface area contributed by atoms with Crippen molar-refractivity contribution in [3.05, 3.63) is 0 Å². The van der Waals surface area contributed by atoms with Crippen molar-refractivity contribution in [1.29, 1.82) is 0 Å². The highest BCUT2D eigenvalue weighted by atomic mass is 16.5. The third-order valence-corrected chi connectivity index (χ3v) is 3.28. The van der Waals surface area contributed by atoms with Crippen LogP contribution in [-0.4, -0.2) is 38.3 Å². The molecule has 0 bridgehead atoms. The van der Waals surface area contributed by atoms with Crippen LogP contribution in [0, 0.1) is 5.41 Å². The Labute approximate surface area is 91.8 Å². The molecule has 1 unspecified atom stereocenters. The lowest BCUT2D eigenvalue weighted by Gasteiger charge is -2.26. The van der Waals surface area contributed by atoms with E-state index >= 15 is 0 Å². The number of amides is 1. The van der Waals surface area contributed by atoms with Crippen molar-refractivity contribution in [2.24, 2.45) is 5.41 Å². The SMILES string of the molecule is CCC(C)(C)C(=O)NC1CNC[C@@H]1OC. The van der Waals surface area contributed by atoms with E-state index in [0.29, 0.717) is 0 Å². The Morgan fingerprint density at radius 2 is 2.20 bits per heavy atom. The molecule has 0 aliphatic carbocycles. The van der Waals surface area contributed by atoms with Crippen molar-refractivity contribution >= 4 is 5.91 Å². The van der Waals surface area contributed by atoms with Gasteiger partial charge in [0, 0.05) is 25.6 Å². The maximum absolute atomic E-state index is 11.9. The molecule has 0 aromatic rings. The van der Waals surface area contributed by atoms with Crippen molar-refractivity contribution in [1.82, 2.24) is 10.6 Å². The van der Waals surface area contributed by atoms with Crippen LogP contribution >= 0.6 is 0 Å². The van der Waals surface area contributed by atoms with E-state index in [1.807, 2.05) is 20.8 Å². The number of methoxy groups -OCH3 is 1. The Morgan fingerprint density at radius 3 is 2.73 bits per heavy atom. The van der Waals surface area contributed by atoms with E-state index in [1.54, 1.807) is 7.11 Å². The Balaban J connectivity index is 2.51. The minimum Gasteiger partial charge on any atom is -0.378 e. The standard InChI is InChI=1S/C11H22N2O2/c1-5-11(2,3)10(14)13-8-6-12-7-9(8)15-4/h8-9,12H,5-7H2,1-4H3,(H,13,14)/t8?,9-/m0/s1. The van der Waals surface area contributed by atoms with Crippen molar-refractivity contribution < 1.29 is 9.53 Å². The minimum absolute atomic E-state index is 0.0987. The molecule has 0 aromatic heterocycles. The summed E-state index contributed by atoms with van der Waals surface area (Å²) in [6, 6.07) is 0.105. The van der Waals surface area contributed by atoms with Gasteiger partial charge in [0.2, 0.25) is 5.91 Å². The second-order valence-corrected chi connectivity index (χ2v) is 4.75. The van der Waals surface area contributed by atoms with Gasteiger partial charge in [-0.2, -0.15) is 0 Å². The van der Waals surface area contributed by atoms with Gasteiger partial charge in [0.25, 0.3) is 0 Å². The Kier molecular flexibility index (Phi) is 4.11. The summed E-state index contributed by atoms with van der Waals surface area (Å²) >= 11 is 0. The van der Waals surface area contributed by atoms with Crippen LogP contribution in [-0.2, 0) is 9.53 Å². The van der Waals surface area contributed by atoms with Gasteiger partial charge in [-0.1, -0.05) is 20.8 Å². The van der Waals surface area contributed by atoms with E-state index in [-0.39, 0.29) is 23.5 Å². The second kappa shape index (κ2) is 4.94. The fraction of sp³-hybridized carbons (Fsp3) is 0.909. The molecule has 2 N–H and O–H groups in total. The molecule has 0 saturated carbocycles. The Morgan fingerprint density at radius 1 is 1.53 bits per heavy atom. The molecule has 0 spiro atoms. The average Bonchev–Trinajstić information content (AvgIpc) is 2.65. The summed E-state index contributed by atoms with van der Waals surface area (Å²) in [5.41, 5.74) is -0.291.